The molecule has 0 bridgehead atoms. The van der Waals surface area contributed by atoms with Crippen molar-refractivity contribution in [2.24, 2.45) is 0 Å². The lowest BCUT2D eigenvalue weighted by Gasteiger charge is -2.10. The first kappa shape index (κ1) is 18.8. The van der Waals surface area contributed by atoms with Gasteiger partial charge in [-0.1, -0.05) is 42.5 Å². The number of benzene rings is 3. The van der Waals surface area contributed by atoms with Crippen molar-refractivity contribution < 1.29 is 0 Å². The molecule has 0 aliphatic carbocycles. The third kappa shape index (κ3) is 2.77. The first-order valence-corrected chi connectivity index (χ1v) is 11.2. The van der Waals surface area contributed by atoms with Gasteiger partial charge in [-0.3, -0.25) is 9.55 Å². The molecule has 4 heterocycles. The number of rotatable bonds is 3. The molecule has 0 atom stereocenters. The molecule has 34 heavy (non-hydrogen) atoms. The Kier molecular flexibility index (Phi) is 4.08. The molecule has 160 valence electrons. The van der Waals surface area contributed by atoms with Gasteiger partial charge in [0, 0.05) is 52.2 Å². The fourth-order valence-corrected chi connectivity index (χ4v) is 4.84. The minimum Gasteiger partial charge on any atom is -0.316 e. The summed E-state index contributed by atoms with van der Waals surface area (Å²) >= 11 is 0. The minimum absolute atomic E-state index is 0.658. The molecular formula is C29H19N5. The molecule has 5 nitrogen and oxygen atoms in total. The van der Waals surface area contributed by atoms with Crippen molar-refractivity contribution in [2.75, 3.05) is 0 Å². The maximum Gasteiger partial charge on any atom is 0.163 e. The van der Waals surface area contributed by atoms with Gasteiger partial charge in [-0.25, -0.2) is 9.97 Å². The van der Waals surface area contributed by atoms with Gasteiger partial charge in [0.2, 0.25) is 0 Å². The second kappa shape index (κ2) is 7.39. The van der Waals surface area contributed by atoms with E-state index in [1.54, 1.807) is 12.4 Å². The third-order valence-electron chi connectivity index (χ3n) is 6.33. The Morgan fingerprint density at radius 1 is 0.618 bits per heavy atom. The summed E-state index contributed by atoms with van der Waals surface area (Å²) in [6.07, 6.45) is 7.51. The van der Waals surface area contributed by atoms with E-state index in [1.807, 2.05) is 30.5 Å². The maximum atomic E-state index is 4.96. The highest BCUT2D eigenvalue weighted by Gasteiger charge is 2.18. The first-order chi connectivity index (χ1) is 16.9. The van der Waals surface area contributed by atoms with Crippen LogP contribution in [0, 0.1) is 0 Å². The van der Waals surface area contributed by atoms with E-state index in [0.717, 1.165) is 33.6 Å². The van der Waals surface area contributed by atoms with E-state index in [2.05, 4.69) is 92.0 Å². The Balaban J connectivity index is 1.56. The summed E-state index contributed by atoms with van der Waals surface area (Å²) in [7, 11) is 0. The Morgan fingerprint density at radius 2 is 1.50 bits per heavy atom. The Labute approximate surface area is 195 Å². The van der Waals surface area contributed by atoms with E-state index in [1.165, 1.54) is 16.2 Å². The quantitative estimate of drug-likeness (QED) is 0.314. The lowest BCUT2D eigenvalue weighted by molar-refractivity contribution is 1.04. The van der Waals surface area contributed by atoms with E-state index < -0.39 is 0 Å². The van der Waals surface area contributed by atoms with Gasteiger partial charge in [-0.05, 0) is 48.5 Å². The molecule has 0 saturated carbocycles. The summed E-state index contributed by atoms with van der Waals surface area (Å²) in [6, 6.07) is 31.4. The summed E-state index contributed by atoms with van der Waals surface area (Å²) in [5.74, 6) is 1.49. The zero-order valence-electron chi connectivity index (χ0n) is 18.2. The van der Waals surface area contributed by atoms with E-state index in [9.17, 15) is 0 Å². The standard InChI is InChI=1S/C29H19N5/c1-2-8-21(9-3-1)33-18-15-24-25(33)13-12-23-22-10-4-5-11-26(22)34(28(23)24)27-14-17-31-29(32-27)20-7-6-16-30-19-20/h1-19H. The van der Waals surface area contributed by atoms with Crippen LogP contribution in [-0.4, -0.2) is 24.1 Å². The molecule has 0 aliphatic heterocycles. The normalized spacial score (nSPS) is 11.5. The lowest BCUT2D eigenvalue weighted by Crippen LogP contribution is -2.00. The molecule has 4 aromatic heterocycles. The van der Waals surface area contributed by atoms with Crippen molar-refractivity contribution in [3.63, 3.8) is 0 Å². The van der Waals surface area contributed by atoms with E-state index in [-0.39, 0.29) is 0 Å². The van der Waals surface area contributed by atoms with E-state index in [0.29, 0.717) is 5.82 Å². The predicted molar refractivity (Wildman–Crippen MR) is 136 cm³/mol. The van der Waals surface area contributed by atoms with Crippen LogP contribution in [0.4, 0.5) is 0 Å². The smallest absolute Gasteiger partial charge is 0.163 e. The van der Waals surface area contributed by atoms with Gasteiger partial charge in [-0.2, -0.15) is 0 Å². The van der Waals surface area contributed by atoms with Crippen LogP contribution in [0.5, 0.6) is 0 Å². The molecule has 5 heteroatoms. The van der Waals surface area contributed by atoms with Crippen molar-refractivity contribution in [1.82, 2.24) is 24.1 Å². The SMILES string of the molecule is c1ccc(-n2ccc3c2ccc2c4ccccc4n(-c4ccnc(-c5cccnc5)n4)c23)cc1. The number of hydrogen-bond acceptors (Lipinski definition) is 3. The zero-order valence-corrected chi connectivity index (χ0v) is 18.2. The Morgan fingerprint density at radius 3 is 2.38 bits per heavy atom. The van der Waals surface area contributed by atoms with Gasteiger partial charge in [0.25, 0.3) is 0 Å². The molecule has 0 fully saturated rings. The van der Waals surface area contributed by atoms with Crippen LogP contribution in [0.2, 0.25) is 0 Å². The summed E-state index contributed by atoms with van der Waals surface area (Å²) in [5, 5.41) is 3.59. The monoisotopic (exact) mass is 437 g/mol. The lowest BCUT2D eigenvalue weighted by atomic mass is 10.1. The highest BCUT2D eigenvalue weighted by Crippen LogP contribution is 2.37. The van der Waals surface area contributed by atoms with Crippen LogP contribution in [-0.2, 0) is 0 Å². The molecule has 0 saturated heterocycles. The fourth-order valence-electron chi connectivity index (χ4n) is 4.84. The van der Waals surface area contributed by atoms with Gasteiger partial charge in [0.15, 0.2) is 5.82 Å². The van der Waals surface area contributed by atoms with Crippen molar-refractivity contribution in [3.05, 3.63) is 116 Å². The van der Waals surface area contributed by atoms with E-state index in [4.69, 9.17) is 4.98 Å². The molecular weight excluding hydrogens is 418 g/mol. The molecule has 0 spiro atoms. The fraction of sp³-hybridized carbons (Fsp3) is 0. The number of nitrogens with zero attached hydrogens (tertiary/aromatic N) is 5. The van der Waals surface area contributed by atoms with Crippen molar-refractivity contribution in [3.8, 4) is 22.9 Å². The number of fused-ring (bicyclic) bond motifs is 5. The largest absolute Gasteiger partial charge is 0.316 e. The highest BCUT2D eigenvalue weighted by atomic mass is 15.1. The van der Waals surface area contributed by atoms with E-state index >= 15 is 0 Å². The van der Waals surface area contributed by atoms with Crippen molar-refractivity contribution >= 4 is 32.7 Å². The van der Waals surface area contributed by atoms with Crippen LogP contribution < -0.4 is 0 Å². The number of hydrogen-bond donors (Lipinski definition) is 0. The average Bonchev–Trinajstić information content (AvgIpc) is 3.49. The minimum atomic E-state index is 0.658. The third-order valence-corrected chi connectivity index (χ3v) is 6.33. The van der Waals surface area contributed by atoms with Crippen LogP contribution in [0.15, 0.2) is 116 Å². The second-order valence-electron chi connectivity index (χ2n) is 8.25. The Bertz CT molecular complexity index is 1800. The summed E-state index contributed by atoms with van der Waals surface area (Å²) in [5.41, 5.74) is 5.45. The predicted octanol–water partition coefficient (Wildman–Crippen LogP) is 6.58. The van der Waals surface area contributed by atoms with Gasteiger partial charge in [-0.15, -0.1) is 0 Å². The molecule has 0 N–H and O–H groups in total. The van der Waals surface area contributed by atoms with Gasteiger partial charge < -0.3 is 4.57 Å². The first-order valence-electron chi connectivity index (χ1n) is 11.2. The molecule has 0 amide bonds. The summed E-state index contributed by atoms with van der Waals surface area (Å²) < 4.78 is 4.49. The van der Waals surface area contributed by atoms with Crippen molar-refractivity contribution in [2.45, 2.75) is 0 Å². The van der Waals surface area contributed by atoms with Gasteiger partial charge >= 0.3 is 0 Å². The Hall–Kier alpha value is -4.77. The summed E-state index contributed by atoms with van der Waals surface area (Å²) in [4.78, 5) is 13.7. The van der Waals surface area contributed by atoms with Crippen LogP contribution in [0.1, 0.15) is 0 Å². The van der Waals surface area contributed by atoms with Gasteiger partial charge in [0.05, 0.1) is 16.6 Å². The molecule has 0 radical (unpaired) electrons. The molecule has 0 aliphatic rings. The second-order valence-corrected chi connectivity index (χ2v) is 8.25. The maximum absolute atomic E-state index is 4.96. The summed E-state index contributed by atoms with van der Waals surface area (Å²) in [6.45, 7) is 0. The number of aromatic nitrogens is 5. The number of para-hydroxylation sites is 2. The van der Waals surface area contributed by atoms with Crippen molar-refractivity contribution in [1.29, 1.82) is 0 Å². The highest BCUT2D eigenvalue weighted by molar-refractivity contribution is 6.18. The molecule has 3 aromatic carbocycles. The van der Waals surface area contributed by atoms with Gasteiger partial charge in [0.1, 0.15) is 5.82 Å². The van der Waals surface area contributed by atoms with Crippen LogP contribution in [0.25, 0.3) is 55.6 Å². The average molecular weight is 438 g/mol. The molecule has 0 unspecified atom stereocenters. The zero-order chi connectivity index (χ0) is 22.5. The van der Waals surface area contributed by atoms with Crippen LogP contribution in [0.3, 0.4) is 0 Å². The topological polar surface area (TPSA) is 48.5 Å². The molecule has 7 rings (SSSR count). The molecule has 7 aromatic rings. The number of pyridine rings is 1. The van der Waals surface area contributed by atoms with Crippen LogP contribution >= 0.6 is 0 Å².